The third-order valence-corrected chi connectivity index (χ3v) is 3.34. The van der Waals surface area contributed by atoms with Crippen molar-refractivity contribution in [1.82, 2.24) is 4.90 Å². The van der Waals surface area contributed by atoms with Crippen LogP contribution in [0.5, 0.6) is 0 Å². The zero-order valence-corrected chi connectivity index (χ0v) is 9.12. The highest BCUT2D eigenvalue weighted by molar-refractivity contribution is 7.99. The summed E-state index contributed by atoms with van der Waals surface area (Å²) in [6, 6.07) is 0. The summed E-state index contributed by atoms with van der Waals surface area (Å²) in [5.74, 6) is 1.45. The third kappa shape index (κ3) is 2.56. The minimum atomic E-state index is -0.688. The molecule has 1 atom stereocenters. The summed E-state index contributed by atoms with van der Waals surface area (Å²) in [4.78, 5) is 24.3. The van der Waals surface area contributed by atoms with Crippen LogP contribution in [0.1, 0.15) is 6.42 Å². The molecule has 2 aliphatic heterocycles. The standard InChI is InChI=1S/C9H13NO4S/c11-8-7(1-4-13-8)14-9(12)10-2-5-15-6-3-10/h7H,1-6H2. The first-order valence-corrected chi connectivity index (χ1v) is 6.13. The molecule has 0 aromatic carbocycles. The lowest BCUT2D eigenvalue weighted by Crippen LogP contribution is -2.40. The van der Waals surface area contributed by atoms with Crippen LogP contribution in [0.2, 0.25) is 0 Å². The summed E-state index contributed by atoms with van der Waals surface area (Å²) in [5, 5.41) is 0. The van der Waals surface area contributed by atoms with E-state index in [1.807, 2.05) is 11.8 Å². The van der Waals surface area contributed by atoms with Crippen LogP contribution in [-0.4, -0.2) is 54.3 Å². The van der Waals surface area contributed by atoms with Gasteiger partial charge in [-0.15, -0.1) is 0 Å². The van der Waals surface area contributed by atoms with Gasteiger partial charge < -0.3 is 14.4 Å². The van der Waals surface area contributed by atoms with Crippen LogP contribution < -0.4 is 0 Å². The number of hydrogen-bond donors (Lipinski definition) is 0. The number of esters is 1. The van der Waals surface area contributed by atoms with Gasteiger partial charge in [0.25, 0.3) is 0 Å². The molecule has 0 radical (unpaired) electrons. The molecular formula is C9H13NO4S. The molecule has 0 N–H and O–H groups in total. The maximum atomic E-state index is 11.6. The van der Waals surface area contributed by atoms with Crippen molar-refractivity contribution in [3.8, 4) is 0 Å². The number of carbonyl (C=O) groups is 2. The molecule has 2 fully saturated rings. The smallest absolute Gasteiger partial charge is 0.410 e. The summed E-state index contributed by atoms with van der Waals surface area (Å²) in [6.45, 7) is 1.75. The first-order valence-electron chi connectivity index (χ1n) is 4.97. The molecule has 0 aromatic rings. The fraction of sp³-hybridized carbons (Fsp3) is 0.778. The number of hydrogen-bond acceptors (Lipinski definition) is 5. The zero-order valence-electron chi connectivity index (χ0n) is 8.31. The highest BCUT2D eigenvalue weighted by Crippen LogP contribution is 2.14. The Labute approximate surface area is 92.1 Å². The molecule has 6 heteroatoms. The predicted molar refractivity (Wildman–Crippen MR) is 54.7 cm³/mol. The molecule has 5 nitrogen and oxygen atoms in total. The average molecular weight is 231 g/mol. The largest absolute Gasteiger partial charge is 0.463 e. The monoisotopic (exact) mass is 231 g/mol. The van der Waals surface area contributed by atoms with Gasteiger partial charge in [-0.3, -0.25) is 0 Å². The van der Waals surface area contributed by atoms with Gasteiger partial charge in [-0.1, -0.05) is 0 Å². The molecule has 0 bridgehead atoms. The topological polar surface area (TPSA) is 55.8 Å². The highest BCUT2D eigenvalue weighted by Gasteiger charge is 2.32. The van der Waals surface area contributed by atoms with Crippen molar-refractivity contribution in [2.45, 2.75) is 12.5 Å². The number of nitrogens with zero attached hydrogens (tertiary/aromatic N) is 1. The zero-order chi connectivity index (χ0) is 10.7. The van der Waals surface area contributed by atoms with Crippen molar-refractivity contribution in [1.29, 1.82) is 0 Å². The minimum absolute atomic E-state index is 0.354. The van der Waals surface area contributed by atoms with Crippen LogP contribution in [0.3, 0.4) is 0 Å². The summed E-state index contributed by atoms with van der Waals surface area (Å²) in [7, 11) is 0. The molecule has 84 valence electrons. The van der Waals surface area contributed by atoms with Gasteiger partial charge in [0.1, 0.15) is 0 Å². The van der Waals surface area contributed by atoms with E-state index in [0.717, 1.165) is 11.5 Å². The molecule has 2 saturated heterocycles. The molecule has 0 aromatic heterocycles. The van der Waals surface area contributed by atoms with Gasteiger partial charge in [0.2, 0.25) is 6.10 Å². The van der Waals surface area contributed by atoms with E-state index in [9.17, 15) is 9.59 Å². The summed E-state index contributed by atoms with van der Waals surface area (Å²) in [6.07, 6.45) is -0.598. The third-order valence-electron chi connectivity index (χ3n) is 2.40. The molecule has 0 saturated carbocycles. The summed E-state index contributed by atoms with van der Waals surface area (Å²) >= 11 is 1.82. The molecule has 2 rings (SSSR count). The summed E-state index contributed by atoms with van der Waals surface area (Å²) in [5.41, 5.74) is 0. The molecule has 0 aliphatic carbocycles. The normalized spacial score (nSPS) is 26.3. The Kier molecular flexibility index (Phi) is 3.35. The van der Waals surface area contributed by atoms with E-state index in [4.69, 9.17) is 9.47 Å². The van der Waals surface area contributed by atoms with Crippen LogP contribution in [-0.2, 0) is 14.3 Å². The lowest BCUT2D eigenvalue weighted by Gasteiger charge is -2.26. The molecule has 1 amide bonds. The number of cyclic esters (lactones) is 1. The van der Waals surface area contributed by atoms with Crippen molar-refractivity contribution >= 4 is 23.8 Å². The van der Waals surface area contributed by atoms with Crippen molar-refractivity contribution in [2.75, 3.05) is 31.2 Å². The van der Waals surface area contributed by atoms with Gasteiger partial charge >= 0.3 is 12.1 Å². The number of carbonyl (C=O) groups excluding carboxylic acids is 2. The fourth-order valence-corrected chi connectivity index (χ4v) is 2.43. The maximum absolute atomic E-state index is 11.6. The Morgan fingerprint density at radius 3 is 2.80 bits per heavy atom. The van der Waals surface area contributed by atoms with E-state index in [1.165, 1.54) is 0 Å². The predicted octanol–water partition coefficient (Wildman–Crippen LogP) is 0.487. The van der Waals surface area contributed by atoms with Gasteiger partial charge in [0, 0.05) is 31.0 Å². The number of rotatable bonds is 1. The maximum Gasteiger partial charge on any atom is 0.410 e. The second-order valence-electron chi connectivity index (χ2n) is 3.43. The van der Waals surface area contributed by atoms with Gasteiger partial charge in [0.15, 0.2) is 0 Å². The van der Waals surface area contributed by atoms with Crippen LogP contribution in [0.4, 0.5) is 4.79 Å². The van der Waals surface area contributed by atoms with Crippen molar-refractivity contribution in [3.05, 3.63) is 0 Å². The van der Waals surface area contributed by atoms with Gasteiger partial charge in [-0.2, -0.15) is 11.8 Å². The average Bonchev–Trinajstić information content (AvgIpc) is 2.66. The molecule has 15 heavy (non-hydrogen) atoms. The minimum Gasteiger partial charge on any atom is -0.463 e. The Hall–Kier alpha value is -0.910. The number of thioether (sulfide) groups is 1. The van der Waals surface area contributed by atoms with E-state index in [2.05, 4.69) is 0 Å². The van der Waals surface area contributed by atoms with E-state index in [0.29, 0.717) is 26.1 Å². The van der Waals surface area contributed by atoms with E-state index >= 15 is 0 Å². The van der Waals surface area contributed by atoms with E-state index in [-0.39, 0.29) is 6.09 Å². The second-order valence-corrected chi connectivity index (χ2v) is 4.65. The lowest BCUT2D eigenvalue weighted by molar-refractivity contribution is -0.145. The van der Waals surface area contributed by atoms with Gasteiger partial charge in [-0.05, 0) is 0 Å². The molecule has 0 spiro atoms. The highest BCUT2D eigenvalue weighted by atomic mass is 32.2. The van der Waals surface area contributed by atoms with Crippen molar-refractivity contribution < 1.29 is 19.1 Å². The first kappa shape index (κ1) is 10.6. The fourth-order valence-electron chi connectivity index (χ4n) is 1.53. The Morgan fingerprint density at radius 1 is 1.47 bits per heavy atom. The second kappa shape index (κ2) is 4.74. The molecule has 1 unspecified atom stereocenters. The summed E-state index contributed by atoms with van der Waals surface area (Å²) < 4.78 is 9.78. The number of ether oxygens (including phenoxy) is 2. The van der Waals surface area contributed by atoms with E-state index in [1.54, 1.807) is 4.90 Å². The molecule has 2 heterocycles. The van der Waals surface area contributed by atoms with Gasteiger partial charge in [-0.25, -0.2) is 9.59 Å². The lowest BCUT2D eigenvalue weighted by atomic mass is 10.3. The molecular weight excluding hydrogens is 218 g/mol. The molecule has 2 aliphatic rings. The van der Waals surface area contributed by atoms with Gasteiger partial charge in [0.05, 0.1) is 6.61 Å². The van der Waals surface area contributed by atoms with E-state index < -0.39 is 12.1 Å². The van der Waals surface area contributed by atoms with Crippen LogP contribution in [0, 0.1) is 0 Å². The first-order chi connectivity index (χ1) is 7.27. The Balaban J connectivity index is 1.82. The van der Waals surface area contributed by atoms with Crippen LogP contribution >= 0.6 is 11.8 Å². The Morgan fingerprint density at radius 2 is 2.20 bits per heavy atom. The van der Waals surface area contributed by atoms with Crippen molar-refractivity contribution in [3.63, 3.8) is 0 Å². The quantitative estimate of drug-likeness (QED) is 0.615. The SMILES string of the molecule is O=C1OCCC1OC(=O)N1CCSCC1. The van der Waals surface area contributed by atoms with Crippen molar-refractivity contribution in [2.24, 2.45) is 0 Å². The van der Waals surface area contributed by atoms with Crippen LogP contribution in [0.25, 0.3) is 0 Å². The number of amides is 1. The Bertz CT molecular complexity index is 265. The van der Waals surface area contributed by atoms with Crippen LogP contribution in [0.15, 0.2) is 0 Å².